The predicted molar refractivity (Wildman–Crippen MR) is 163 cm³/mol. The predicted octanol–water partition coefficient (Wildman–Crippen LogP) is 6.17. The molecule has 0 saturated carbocycles. The highest BCUT2D eigenvalue weighted by molar-refractivity contribution is 5.93. The van der Waals surface area contributed by atoms with Crippen LogP contribution in [0, 0.1) is 0 Å². The number of unbranched alkanes of at least 4 members (excludes halogenated alkanes) is 3. The van der Waals surface area contributed by atoms with Crippen molar-refractivity contribution in [3.05, 3.63) is 102 Å². The van der Waals surface area contributed by atoms with E-state index in [9.17, 15) is 19.2 Å². The van der Waals surface area contributed by atoms with Gasteiger partial charge in [-0.3, -0.25) is 4.79 Å². The van der Waals surface area contributed by atoms with Crippen LogP contribution in [0.1, 0.15) is 53.6 Å². The zero-order valence-electron chi connectivity index (χ0n) is 24.6. The first-order valence-electron chi connectivity index (χ1n) is 14.2. The van der Waals surface area contributed by atoms with Gasteiger partial charge in [-0.15, -0.1) is 0 Å². The van der Waals surface area contributed by atoms with E-state index in [0.29, 0.717) is 42.3 Å². The average Bonchev–Trinajstić information content (AvgIpc) is 3.39. The van der Waals surface area contributed by atoms with Gasteiger partial charge in [0.1, 0.15) is 17.2 Å². The van der Waals surface area contributed by atoms with Crippen LogP contribution in [0.3, 0.4) is 0 Å². The van der Waals surface area contributed by atoms with Crippen LogP contribution in [0.2, 0.25) is 0 Å². The monoisotopic (exact) mass is 598 g/mol. The molecule has 44 heavy (non-hydrogen) atoms. The van der Waals surface area contributed by atoms with Crippen molar-refractivity contribution in [1.82, 2.24) is 0 Å². The van der Waals surface area contributed by atoms with Gasteiger partial charge in [-0.05, 0) is 103 Å². The van der Waals surface area contributed by atoms with E-state index in [2.05, 4.69) is 17.9 Å². The van der Waals surface area contributed by atoms with Crippen molar-refractivity contribution >= 4 is 23.9 Å². The molecule has 3 aromatic carbocycles. The minimum absolute atomic E-state index is 0.0744. The van der Waals surface area contributed by atoms with Crippen molar-refractivity contribution in [1.29, 1.82) is 0 Å². The Labute approximate surface area is 256 Å². The molecule has 9 heteroatoms. The first-order valence-corrected chi connectivity index (χ1v) is 14.2. The zero-order valence-corrected chi connectivity index (χ0v) is 24.6. The van der Waals surface area contributed by atoms with E-state index in [4.69, 9.17) is 18.9 Å². The molecule has 0 atom stereocenters. The van der Waals surface area contributed by atoms with Gasteiger partial charge in [-0.25, -0.2) is 14.4 Å². The molecule has 0 bridgehead atoms. The summed E-state index contributed by atoms with van der Waals surface area (Å²) in [6.45, 7) is 7.73. The van der Waals surface area contributed by atoms with Gasteiger partial charge in [-0.1, -0.05) is 25.3 Å². The number of carbonyl (C=O) groups is 4. The van der Waals surface area contributed by atoms with Crippen LogP contribution < -0.4 is 14.2 Å². The highest BCUT2D eigenvalue weighted by Gasteiger charge is 2.21. The lowest BCUT2D eigenvalue weighted by molar-refractivity contribution is -0.144. The molecule has 228 valence electrons. The van der Waals surface area contributed by atoms with Crippen LogP contribution in [-0.4, -0.2) is 44.2 Å². The minimum Gasteiger partial charge on any atom is -0.494 e. The van der Waals surface area contributed by atoms with E-state index in [1.807, 2.05) is 24.3 Å². The zero-order chi connectivity index (χ0) is 31.5. The van der Waals surface area contributed by atoms with Crippen molar-refractivity contribution in [3.8, 4) is 28.4 Å². The lowest BCUT2D eigenvalue weighted by Crippen LogP contribution is -2.12. The number of hydrogen-bond acceptors (Lipinski definition) is 9. The average molecular weight is 599 g/mol. The molecule has 0 amide bonds. The molecule has 0 N–H and O–H groups in total. The van der Waals surface area contributed by atoms with E-state index < -0.39 is 23.9 Å². The normalized spacial score (nSPS) is 11.0. The first kappa shape index (κ1) is 31.7. The van der Waals surface area contributed by atoms with Crippen LogP contribution in [0.4, 0.5) is 0 Å². The third kappa shape index (κ3) is 8.67. The molecule has 0 aromatic heterocycles. The molecule has 0 spiro atoms. The Bertz CT molecular complexity index is 1550. The Morgan fingerprint density at radius 2 is 1.36 bits per heavy atom. The third-order valence-corrected chi connectivity index (χ3v) is 6.92. The number of carbonyl (C=O) groups excluding carboxylic acids is 4. The second-order valence-electron chi connectivity index (χ2n) is 10.1. The highest BCUT2D eigenvalue weighted by Crippen LogP contribution is 2.40. The molecular formula is C35H34O9. The van der Waals surface area contributed by atoms with Gasteiger partial charge >= 0.3 is 23.9 Å². The number of rotatable bonds is 15. The summed E-state index contributed by atoms with van der Waals surface area (Å²) >= 11 is 0. The number of hydrogen-bond donors (Lipinski definition) is 0. The minimum atomic E-state index is -0.589. The van der Waals surface area contributed by atoms with E-state index in [1.54, 1.807) is 36.4 Å². The molecule has 1 aliphatic rings. The molecule has 0 radical (unpaired) electrons. The van der Waals surface area contributed by atoms with Gasteiger partial charge in [0.15, 0.2) is 0 Å². The molecule has 0 fully saturated rings. The maximum atomic E-state index is 12.8. The van der Waals surface area contributed by atoms with Gasteiger partial charge in [0.25, 0.3) is 0 Å². The summed E-state index contributed by atoms with van der Waals surface area (Å²) in [6, 6.07) is 17.8. The molecule has 0 unspecified atom stereocenters. The SMILES string of the molecule is C=CC(=O)Oc1ccc2c(c1)Cc1cc(OC(=O)c3ccc(OCCCCCCOC(=O)C(=C)CC(=O)OC)cc3)ccc1-2. The Morgan fingerprint density at radius 1 is 0.773 bits per heavy atom. The van der Waals surface area contributed by atoms with Crippen LogP contribution in [0.15, 0.2) is 85.5 Å². The summed E-state index contributed by atoms with van der Waals surface area (Å²) < 4.78 is 26.3. The van der Waals surface area contributed by atoms with Gasteiger partial charge < -0.3 is 23.7 Å². The summed E-state index contributed by atoms with van der Waals surface area (Å²) in [5.74, 6) is -0.555. The first-order chi connectivity index (χ1) is 21.3. The molecule has 0 saturated heterocycles. The topological polar surface area (TPSA) is 114 Å². The van der Waals surface area contributed by atoms with Crippen molar-refractivity contribution in [2.75, 3.05) is 20.3 Å². The van der Waals surface area contributed by atoms with Crippen LogP contribution in [-0.2, 0) is 30.3 Å². The number of fused-ring (bicyclic) bond motifs is 3. The van der Waals surface area contributed by atoms with Gasteiger partial charge in [0, 0.05) is 11.6 Å². The number of esters is 4. The van der Waals surface area contributed by atoms with Gasteiger partial charge in [0.2, 0.25) is 0 Å². The Balaban J connectivity index is 1.16. The Morgan fingerprint density at radius 3 is 1.98 bits per heavy atom. The van der Waals surface area contributed by atoms with Crippen molar-refractivity contribution in [3.63, 3.8) is 0 Å². The van der Waals surface area contributed by atoms with E-state index in [0.717, 1.165) is 47.6 Å². The lowest BCUT2D eigenvalue weighted by atomic mass is 10.1. The third-order valence-electron chi connectivity index (χ3n) is 6.92. The molecule has 4 rings (SSSR count). The maximum absolute atomic E-state index is 12.8. The summed E-state index contributed by atoms with van der Waals surface area (Å²) in [4.78, 5) is 47.2. The summed E-state index contributed by atoms with van der Waals surface area (Å²) in [5, 5.41) is 0. The second kappa shape index (κ2) is 15.3. The van der Waals surface area contributed by atoms with Crippen LogP contribution >= 0.6 is 0 Å². The lowest BCUT2D eigenvalue weighted by Gasteiger charge is -2.09. The van der Waals surface area contributed by atoms with Gasteiger partial charge in [0.05, 0.1) is 32.3 Å². The Hall–Kier alpha value is -5.18. The van der Waals surface area contributed by atoms with Crippen LogP contribution in [0.5, 0.6) is 17.2 Å². The number of benzene rings is 3. The fourth-order valence-corrected chi connectivity index (χ4v) is 4.63. The molecule has 1 aliphatic carbocycles. The van der Waals surface area contributed by atoms with Crippen molar-refractivity contribution < 1.29 is 42.9 Å². The standard InChI is InChI=1S/C35H34O9/c1-4-32(36)43-28-13-15-30-25(21-28)20-26-22-29(14-16-31(26)30)44-35(39)24-9-11-27(12-10-24)41-17-7-5-6-8-18-42-34(38)23(2)19-33(37)40-3/h4,9-16,21-22H,1-2,5-8,17-20H2,3H3. The van der Waals surface area contributed by atoms with Gasteiger partial charge in [-0.2, -0.15) is 0 Å². The number of methoxy groups -OCH3 is 1. The quantitative estimate of drug-likeness (QED) is 0.0686. The fraction of sp³-hybridized carbons (Fsp3) is 0.257. The molecule has 3 aromatic rings. The van der Waals surface area contributed by atoms with E-state index >= 15 is 0 Å². The van der Waals surface area contributed by atoms with Crippen LogP contribution in [0.25, 0.3) is 11.1 Å². The van der Waals surface area contributed by atoms with Crippen molar-refractivity contribution in [2.45, 2.75) is 38.5 Å². The highest BCUT2D eigenvalue weighted by atomic mass is 16.5. The summed E-state index contributed by atoms with van der Waals surface area (Å²) in [6.07, 6.45) is 4.82. The molecule has 9 nitrogen and oxygen atoms in total. The van der Waals surface area contributed by atoms with E-state index in [1.165, 1.54) is 7.11 Å². The maximum Gasteiger partial charge on any atom is 0.343 e. The molecule has 0 aliphatic heterocycles. The summed E-state index contributed by atoms with van der Waals surface area (Å²) in [5.41, 5.74) is 4.61. The molecular weight excluding hydrogens is 564 g/mol. The number of ether oxygens (including phenoxy) is 5. The molecule has 0 heterocycles. The van der Waals surface area contributed by atoms with Crippen molar-refractivity contribution in [2.24, 2.45) is 0 Å². The smallest absolute Gasteiger partial charge is 0.343 e. The Kier molecular flexibility index (Phi) is 11.1. The second-order valence-corrected chi connectivity index (χ2v) is 10.1. The summed E-state index contributed by atoms with van der Waals surface area (Å²) in [7, 11) is 1.25. The van der Waals surface area contributed by atoms with E-state index in [-0.39, 0.29) is 18.6 Å². The largest absolute Gasteiger partial charge is 0.494 e. The fourth-order valence-electron chi connectivity index (χ4n) is 4.63.